The zero-order valence-electron chi connectivity index (χ0n) is 9.54. The minimum atomic E-state index is -0.266. The van der Waals surface area contributed by atoms with Gasteiger partial charge in [0.1, 0.15) is 5.75 Å². The fourth-order valence-corrected chi connectivity index (χ4v) is 3.34. The lowest BCUT2D eigenvalue weighted by Gasteiger charge is -2.14. The highest BCUT2D eigenvalue weighted by atomic mass is 35.5. The number of benzene rings is 1. The molecule has 2 aromatic rings. The Morgan fingerprint density at radius 3 is 2.65 bits per heavy atom. The number of hydrogen-bond acceptors (Lipinski definition) is 2. The van der Waals surface area contributed by atoms with Gasteiger partial charge in [-0.05, 0) is 24.4 Å². The number of aryl methyl sites for hydroxylation is 1. The van der Waals surface area contributed by atoms with Crippen LogP contribution in [0.5, 0.6) is 5.75 Å². The fraction of sp³-hybridized carbons (Fsp3) is 0.231. The molecule has 0 aliphatic carbocycles. The van der Waals surface area contributed by atoms with Crippen LogP contribution in [-0.4, -0.2) is 7.11 Å². The van der Waals surface area contributed by atoms with E-state index in [1.54, 1.807) is 18.4 Å². The minimum Gasteiger partial charge on any atom is -0.496 e. The van der Waals surface area contributed by atoms with Gasteiger partial charge < -0.3 is 4.74 Å². The standard InChI is InChI=1S/C13H12Cl2OS/c1-8-3-4-11(16-2)9(7-8)12(15)13-10(14)5-6-17-13/h3-7,12H,1-2H3. The highest BCUT2D eigenvalue weighted by molar-refractivity contribution is 7.11. The van der Waals surface area contributed by atoms with Gasteiger partial charge in [0.25, 0.3) is 0 Å². The molecule has 0 aliphatic rings. The number of methoxy groups -OCH3 is 1. The van der Waals surface area contributed by atoms with Crippen LogP contribution in [0.1, 0.15) is 21.4 Å². The summed E-state index contributed by atoms with van der Waals surface area (Å²) < 4.78 is 5.34. The summed E-state index contributed by atoms with van der Waals surface area (Å²) in [4.78, 5) is 0.956. The predicted molar refractivity (Wildman–Crippen MR) is 74.8 cm³/mol. The zero-order valence-corrected chi connectivity index (χ0v) is 11.9. The van der Waals surface area contributed by atoms with Crippen molar-refractivity contribution >= 4 is 34.5 Å². The van der Waals surface area contributed by atoms with Crippen molar-refractivity contribution in [2.24, 2.45) is 0 Å². The molecule has 1 aromatic carbocycles. The van der Waals surface area contributed by atoms with Gasteiger partial charge in [0, 0.05) is 10.4 Å². The molecule has 4 heteroatoms. The van der Waals surface area contributed by atoms with E-state index in [2.05, 4.69) is 0 Å². The van der Waals surface area contributed by atoms with Crippen molar-refractivity contribution in [1.29, 1.82) is 0 Å². The Balaban J connectivity index is 2.46. The number of alkyl halides is 1. The largest absolute Gasteiger partial charge is 0.496 e. The second-order valence-corrected chi connectivity index (χ2v) is 5.53. The second-order valence-electron chi connectivity index (χ2n) is 3.74. The molecule has 1 heterocycles. The lowest BCUT2D eigenvalue weighted by molar-refractivity contribution is 0.410. The Labute approximate surface area is 115 Å². The molecule has 2 rings (SSSR count). The van der Waals surface area contributed by atoms with Gasteiger partial charge in [0.15, 0.2) is 0 Å². The highest BCUT2D eigenvalue weighted by Crippen LogP contribution is 2.41. The number of halogens is 2. The Bertz CT molecular complexity index is 522. The van der Waals surface area contributed by atoms with E-state index in [1.165, 1.54) is 0 Å². The van der Waals surface area contributed by atoms with E-state index in [0.717, 1.165) is 21.8 Å². The van der Waals surface area contributed by atoms with Gasteiger partial charge in [0.05, 0.1) is 17.5 Å². The van der Waals surface area contributed by atoms with Crippen LogP contribution in [0.25, 0.3) is 0 Å². The smallest absolute Gasteiger partial charge is 0.123 e. The van der Waals surface area contributed by atoms with Crippen molar-refractivity contribution in [1.82, 2.24) is 0 Å². The van der Waals surface area contributed by atoms with Gasteiger partial charge in [-0.25, -0.2) is 0 Å². The van der Waals surface area contributed by atoms with E-state index in [4.69, 9.17) is 27.9 Å². The maximum atomic E-state index is 6.48. The molecule has 0 N–H and O–H groups in total. The van der Waals surface area contributed by atoms with Crippen molar-refractivity contribution in [3.63, 3.8) is 0 Å². The first-order chi connectivity index (χ1) is 8.13. The predicted octanol–water partition coefficient (Wildman–Crippen LogP) is 5.05. The Morgan fingerprint density at radius 1 is 1.29 bits per heavy atom. The molecular formula is C13H12Cl2OS. The molecule has 0 aliphatic heterocycles. The number of hydrogen-bond donors (Lipinski definition) is 0. The van der Waals surface area contributed by atoms with E-state index in [-0.39, 0.29) is 5.38 Å². The van der Waals surface area contributed by atoms with Crippen LogP contribution < -0.4 is 4.74 Å². The first-order valence-corrected chi connectivity index (χ1v) is 6.84. The van der Waals surface area contributed by atoms with Crippen LogP contribution in [0.2, 0.25) is 5.02 Å². The molecule has 1 unspecified atom stereocenters. The van der Waals surface area contributed by atoms with Crippen molar-refractivity contribution < 1.29 is 4.74 Å². The third-order valence-electron chi connectivity index (χ3n) is 2.53. The van der Waals surface area contributed by atoms with Gasteiger partial charge in [-0.2, -0.15) is 0 Å². The van der Waals surface area contributed by atoms with E-state index in [9.17, 15) is 0 Å². The molecule has 0 radical (unpaired) electrons. The first kappa shape index (κ1) is 12.7. The molecule has 1 nitrogen and oxygen atoms in total. The average Bonchev–Trinajstić information content (AvgIpc) is 2.74. The van der Waals surface area contributed by atoms with Crippen molar-refractivity contribution in [2.45, 2.75) is 12.3 Å². The number of ether oxygens (including phenoxy) is 1. The lowest BCUT2D eigenvalue weighted by Crippen LogP contribution is -1.97. The third kappa shape index (κ3) is 2.59. The van der Waals surface area contributed by atoms with E-state index < -0.39 is 0 Å². The number of thiophene rings is 1. The molecule has 1 aromatic heterocycles. The molecule has 1 atom stereocenters. The normalized spacial score (nSPS) is 12.5. The first-order valence-electron chi connectivity index (χ1n) is 5.15. The SMILES string of the molecule is COc1ccc(C)cc1C(Cl)c1sccc1Cl. The quantitative estimate of drug-likeness (QED) is 0.718. The van der Waals surface area contributed by atoms with Crippen LogP contribution in [-0.2, 0) is 0 Å². The van der Waals surface area contributed by atoms with Crippen LogP contribution in [0.15, 0.2) is 29.6 Å². The summed E-state index contributed by atoms with van der Waals surface area (Å²) in [6.45, 7) is 2.03. The summed E-state index contributed by atoms with van der Waals surface area (Å²) >= 11 is 14.1. The molecule has 0 amide bonds. The summed E-state index contributed by atoms with van der Waals surface area (Å²) in [6, 6.07) is 7.83. The molecule has 0 spiro atoms. The Hall–Kier alpha value is -0.700. The van der Waals surface area contributed by atoms with E-state index in [0.29, 0.717) is 5.02 Å². The molecule has 17 heavy (non-hydrogen) atoms. The molecule has 0 saturated heterocycles. The third-order valence-corrected chi connectivity index (χ3v) is 4.54. The number of rotatable bonds is 3. The maximum Gasteiger partial charge on any atom is 0.123 e. The molecule has 0 fully saturated rings. The summed E-state index contributed by atoms with van der Waals surface area (Å²) in [5.74, 6) is 0.792. The average molecular weight is 287 g/mol. The van der Waals surface area contributed by atoms with Crippen LogP contribution in [0.3, 0.4) is 0 Å². The summed E-state index contributed by atoms with van der Waals surface area (Å²) in [7, 11) is 1.65. The van der Waals surface area contributed by atoms with Gasteiger partial charge in [-0.1, -0.05) is 29.3 Å². The monoisotopic (exact) mass is 286 g/mol. The molecule has 90 valence electrons. The zero-order chi connectivity index (χ0) is 12.4. The van der Waals surface area contributed by atoms with Crippen molar-refractivity contribution in [2.75, 3.05) is 7.11 Å². The van der Waals surface area contributed by atoms with Crippen LogP contribution >= 0.6 is 34.5 Å². The summed E-state index contributed by atoms with van der Waals surface area (Å²) in [6.07, 6.45) is 0. The Morgan fingerprint density at radius 2 is 2.06 bits per heavy atom. The fourth-order valence-electron chi connectivity index (χ4n) is 1.68. The lowest BCUT2D eigenvalue weighted by atomic mass is 10.1. The van der Waals surface area contributed by atoms with Crippen molar-refractivity contribution in [3.05, 3.63) is 50.7 Å². The van der Waals surface area contributed by atoms with Crippen LogP contribution in [0.4, 0.5) is 0 Å². The summed E-state index contributed by atoms with van der Waals surface area (Å²) in [5.41, 5.74) is 2.11. The second kappa shape index (κ2) is 5.30. The topological polar surface area (TPSA) is 9.23 Å². The summed E-state index contributed by atoms with van der Waals surface area (Å²) in [5, 5.41) is 2.38. The van der Waals surface area contributed by atoms with Gasteiger partial charge in [0.2, 0.25) is 0 Å². The highest BCUT2D eigenvalue weighted by Gasteiger charge is 2.19. The molecular weight excluding hydrogens is 275 g/mol. The van der Waals surface area contributed by atoms with E-state index in [1.807, 2.05) is 36.6 Å². The van der Waals surface area contributed by atoms with Crippen LogP contribution in [0, 0.1) is 6.92 Å². The molecule has 0 saturated carbocycles. The van der Waals surface area contributed by atoms with Gasteiger partial charge in [-0.15, -0.1) is 22.9 Å². The van der Waals surface area contributed by atoms with Gasteiger partial charge in [-0.3, -0.25) is 0 Å². The van der Waals surface area contributed by atoms with Gasteiger partial charge >= 0.3 is 0 Å². The minimum absolute atomic E-state index is 0.266. The van der Waals surface area contributed by atoms with Crippen molar-refractivity contribution in [3.8, 4) is 5.75 Å². The maximum absolute atomic E-state index is 6.48. The van der Waals surface area contributed by atoms with E-state index >= 15 is 0 Å². The Kier molecular flexibility index (Phi) is 3.97. The molecule has 0 bridgehead atoms.